The SMILES string of the molecule is CCCCC(CC)(O[Si](C)(CC)OCC(C)(C)C)C(C)(C)C. The molecule has 22 heavy (non-hydrogen) atoms. The molecule has 134 valence electrons. The summed E-state index contributed by atoms with van der Waals surface area (Å²) in [5, 5.41) is 0. The lowest BCUT2D eigenvalue weighted by atomic mass is 9.72. The van der Waals surface area contributed by atoms with Gasteiger partial charge in [0.05, 0.1) is 5.60 Å². The number of rotatable bonds is 9. The standard InChI is InChI=1S/C19H42O2Si/c1-11-14-15-19(12-2,18(7,8)9)21-22(10,13-3)20-16-17(4,5)6/h11-16H2,1-10H3. The molecular weight excluding hydrogens is 288 g/mol. The molecule has 0 aliphatic heterocycles. The fraction of sp³-hybridized carbons (Fsp3) is 1.00. The van der Waals surface area contributed by atoms with Gasteiger partial charge < -0.3 is 8.85 Å². The maximum absolute atomic E-state index is 6.90. The van der Waals surface area contributed by atoms with Crippen molar-refractivity contribution in [2.75, 3.05) is 6.61 Å². The van der Waals surface area contributed by atoms with Crippen molar-refractivity contribution < 1.29 is 8.85 Å². The van der Waals surface area contributed by atoms with Crippen molar-refractivity contribution in [2.45, 2.75) is 106 Å². The molecule has 0 fully saturated rings. The highest BCUT2D eigenvalue weighted by Crippen LogP contribution is 2.43. The van der Waals surface area contributed by atoms with Crippen molar-refractivity contribution in [3.05, 3.63) is 0 Å². The molecule has 3 heteroatoms. The van der Waals surface area contributed by atoms with Crippen LogP contribution < -0.4 is 0 Å². The van der Waals surface area contributed by atoms with Crippen LogP contribution in [0.15, 0.2) is 0 Å². The van der Waals surface area contributed by atoms with Crippen molar-refractivity contribution >= 4 is 8.56 Å². The largest absolute Gasteiger partial charge is 0.394 e. The molecule has 0 radical (unpaired) electrons. The highest BCUT2D eigenvalue weighted by atomic mass is 28.4. The Morgan fingerprint density at radius 2 is 1.45 bits per heavy atom. The summed E-state index contributed by atoms with van der Waals surface area (Å²) in [6, 6.07) is 1.01. The van der Waals surface area contributed by atoms with Crippen LogP contribution in [-0.2, 0) is 8.85 Å². The molecule has 0 amide bonds. The summed E-state index contributed by atoms with van der Waals surface area (Å²) in [5.74, 6) is 0. The predicted molar refractivity (Wildman–Crippen MR) is 101 cm³/mol. The van der Waals surface area contributed by atoms with E-state index in [0.29, 0.717) is 0 Å². The van der Waals surface area contributed by atoms with Gasteiger partial charge in [-0.05, 0) is 36.3 Å². The Kier molecular flexibility index (Phi) is 8.35. The van der Waals surface area contributed by atoms with Crippen LogP contribution in [0.3, 0.4) is 0 Å². The summed E-state index contributed by atoms with van der Waals surface area (Å²) >= 11 is 0. The van der Waals surface area contributed by atoms with Gasteiger partial charge in [-0.3, -0.25) is 0 Å². The monoisotopic (exact) mass is 330 g/mol. The third kappa shape index (κ3) is 6.72. The summed E-state index contributed by atoms with van der Waals surface area (Å²) in [6.45, 7) is 23.4. The third-order valence-electron chi connectivity index (χ3n) is 4.74. The molecule has 0 spiro atoms. The Morgan fingerprint density at radius 3 is 1.77 bits per heavy atom. The van der Waals surface area contributed by atoms with Gasteiger partial charge in [0, 0.05) is 6.61 Å². The Morgan fingerprint density at radius 1 is 0.909 bits per heavy atom. The summed E-state index contributed by atoms with van der Waals surface area (Å²) in [7, 11) is -2.15. The molecule has 0 aromatic heterocycles. The van der Waals surface area contributed by atoms with E-state index in [1.54, 1.807) is 0 Å². The lowest BCUT2D eigenvalue weighted by Crippen LogP contribution is -2.55. The first-order valence-corrected chi connectivity index (χ1v) is 11.7. The third-order valence-corrected chi connectivity index (χ3v) is 7.60. The molecule has 0 aromatic rings. The molecule has 0 aromatic carbocycles. The molecular formula is C19H42O2Si. The van der Waals surface area contributed by atoms with Crippen molar-refractivity contribution in [1.82, 2.24) is 0 Å². The van der Waals surface area contributed by atoms with Crippen LogP contribution in [0, 0.1) is 10.8 Å². The Balaban J connectivity index is 5.30. The zero-order valence-corrected chi connectivity index (χ0v) is 18.1. The lowest BCUT2D eigenvalue weighted by molar-refractivity contribution is -0.0749. The highest BCUT2D eigenvalue weighted by molar-refractivity contribution is 6.66. The summed E-state index contributed by atoms with van der Waals surface area (Å²) < 4.78 is 13.3. The fourth-order valence-corrected chi connectivity index (χ4v) is 5.33. The number of hydrogen-bond acceptors (Lipinski definition) is 2. The van der Waals surface area contributed by atoms with Crippen LogP contribution in [-0.4, -0.2) is 20.8 Å². The number of unbranched alkanes of at least 4 members (excludes halogenated alkanes) is 1. The van der Waals surface area contributed by atoms with Gasteiger partial charge in [-0.1, -0.05) is 75.2 Å². The summed E-state index contributed by atoms with van der Waals surface area (Å²) in [6.07, 6.45) is 4.62. The molecule has 0 aliphatic rings. The Hall–Kier alpha value is 0.137. The van der Waals surface area contributed by atoms with Crippen LogP contribution in [0.2, 0.25) is 12.6 Å². The van der Waals surface area contributed by atoms with Crippen molar-refractivity contribution in [3.8, 4) is 0 Å². The molecule has 0 saturated carbocycles. The average molecular weight is 331 g/mol. The second kappa shape index (κ2) is 8.30. The van der Waals surface area contributed by atoms with E-state index in [0.717, 1.165) is 25.5 Å². The highest BCUT2D eigenvalue weighted by Gasteiger charge is 2.47. The second-order valence-corrected chi connectivity index (χ2v) is 12.6. The van der Waals surface area contributed by atoms with Crippen molar-refractivity contribution in [2.24, 2.45) is 10.8 Å². The van der Waals surface area contributed by atoms with E-state index >= 15 is 0 Å². The maximum Gasteiger partial charge on any atom is 0.335 e. The van der Waals surface area contributed by atoms with Crippen LogP contribution in [0.4, 0.5) is 0 Å². The minimum absolute atomic E-state index is 0.0716. The number of hydrogen-bond donors (Lipinski definition) is 0. The minimum Gasteiger partial charge on any atom is -0.394 e. The molecule has 0 N–H and O–H groups in total. The normalized spacial score (nSPS) is 18.8. The van der Waals surface area contributed by atoms with Crippen LogP contribution in [0.1, 0.15) is 88.0 Å². The van der Waals surface area contributed by atoms with E-state index in [1.165, 1.54) is 12.8 Å². The fourth-order valence-electron chi connectivity index (χ4n) is 2.81. The lowest BCUT2D eigenvalue weighted by Gasteiger charge is -2.49. The van der Waals surface area contributed by atoms with Crippen LogP contribution >= 0.6 is 0 Å². The molecule has 0 rings (SSSR count). The Bertz CT molecular complexity index is 316. The van der Waals surface area contributed by atoms with Gasteiger partial charge >= 0.3 is 8.56 Å². The molecule has 0 saturated heterocycles. The van der Waals surface area contributed by atoms with Crippen molar-refractivity contribution in [1.29, 1.82) is 0 Å². The maximum atomic E-state index is 6.90. The summed E-state index contributed by atoms with van der Waals surface area (Å²) in [5.41, 5.74) is 0.246. The first-order chi connectivity index (χ1) is 9.85. The smallest absolute Gasteiger partial charge is 0.335 e. The topological polar surface area (TPSA) is 18.5 Å². The average Bonchev–Trinajstić information content (AvgIpc) is 2.39. The van der Waals surface area contributed by atoms with E-state index in [1.807, 2.05) is 0 Å². The molecule has 2 atom stereocenters. The van der Waals surface area contributed by atoms with Gasteiger partial charge in [0.15, 0.2) is 0 Å². The van der Waals surface area contributed by atoms with Gasteiger partial charge in [-0.15, -0.1) is 0 Å². The van der Waals surface area contributed by atoms with E-state index in [9.17, 15) is 0 Å². The second-order valence-electron chi connectivity index (χ2n) is 9.14. The molecule has 0 bridgehead atoms. The molecule has 0 heterocycles. The van der Waals surface area contributed by atoms with Crippen molar-refractivity contribution in [3.63, 3.8) is 0 Å². The zero-order valence-electron chi connectivity index (χ0n) is 17.1. The van der Waals surface area contributed by atoms with E-state index in [-0.39, 0.29) is 16.4 Å². The van der Waals surface area contributed by atoms with Gasteiger partial charge in [-0.25, -0.2) is 0 Å². The zero-order chi connectivity index (χ0) is 17.7. The summed E-state index contributed by atoms with van der Waals surface area (Å²) in [4.78, 5) is 0. The Labute approximate surface area is 141 Å². The van der Waals surface area contributed by atoms with Gasteiger partial charge in [0.25, 0.3) is 0 Å². The van der Waals surface area contributed by atoms with Gasteiger partial charge in [-0.2, -0.15) is 0 Å². The first-order valence-electron chi connectivity index (χ1n) is 9.19. The predicted octanol–water partition coefficient (Wildman–Crippen LogP) is 6.54. The molecule has 0 aliphatic carbocycles. The molecule has 2 nitrogen and oxygen atoms in total. The van der Waals surface area contributed by atoms with E-state index < -0.39 is 8.56 Å². The molecule has 2 unspecified atom stereocenters. The van der Waals surface area contributed by atoms with Crippen LogP contribution in [0.25, 0.3) is 0 Å². The minimum atomic E-state index is -2.15. The van der Waals surface area contributed by atoms with Crippen LogP contribution in [0.5, 0.6) is 0 Å². The van der Waals surface area contributed by atoms with E-state index in [4.69, 9.17) is 8.85 Å². The van der Waals surface area contributed by atoms with E-state index in [2.05, 4.69) is 68.9 Å². The van der Waals surface area contributed by atoms with Gasteiger partial charge in [0.1, 0.15) is 0 Å². The first kappa shape index (κ1) is 22.1. The van der Waals surface area contributed by atoms with Gasteiger partial charge in [0.2, 0.25) is 0 Å². The quantitative estimate of drug-likeness (QED) is 0.447.